The number of hydrogen-bond acceptors (Lipinski definition) is 4. The van der Waals surface area contributed by atoms with Gasteiger partial charge >= 0.3 is 0 Å². The van der Waals surface area contributed by atoms with Gasteiger partial charge in [0.2, 0.25) is 0 Å². The van der Waals surface area contributed by atoms with Crippen LogP contribution >= 0.6 is 0 Å². The molecule has 0 aliphatic heterocycles. The highest BCUT2D eigenvalue weighted by molar-refractivity contribution is 6.06. The van der Waals surface area contributed by atoms with E-state index in [2.05, 4.69) is 10.2 Å². The number of aromatic nitrogens is 2. The van der Waals surface area contributed by atoms with Crippen LogP contribution < -0.4 is 9.47 Å². The summed E-state index contributed by atoms with van der Waals surface area (Å²) >= 11 is 0. The van der Waals surface area contributed by atoms with Gasteiger partial charge in [-0.3, -0.25) is 9.89 Å². The van der Waals surface area contributed by atoms with Gasteiger partial charge in [0.05, 0.1) is 25.6 Å². The first kappa shape index (κ1) is 18.5. The summed E-state index contributed by atoms with van der Waals surface area (Å²) in [7, 11) is 3.21. The smallest absolute Gasteiger partial charge is 0.185 e. The van der Waals surface area contributed by atoms with E-state index in [0.29, 0.717) is 17.1 Å². The lowest BCUT2D eigenvalue weighted by Crippen LogP contribution is -1.95. The summed E-state index contributed by atoms with van der Waals surface area (Å²) in [6, 6.07) is 13.1. The summed E-state index contributed by atoms with van der Waals surface area (Å²) in [5.74, 6) is 1.33. The molecule has 0 radical (unpaired) electrons. The summed E-state index contributed by atoms with van der Waals surface area (Å²) in [6.45, 7) is 4.03. The Kier molecular flexibility index (Phi) is 5.41. The lowest BCUT2D eigenvalue weighted by molar-refractivity contribution is 0.104. The summed E-state index contributed by atoms with van der Waals surface area (Å²) in [5.41, 5.74) is 5.29. The first-order chi connectivity index (χ1) is 13.0. The van der Waals surface area contributed by atoms with Crippen molar-refractivity contribution in [1.82, 2.24) is 10.2 Å². The minimum absolute atomic E-state index is 0.0442. The molecule has 0 aliphatic rings. The maximum absolute atomic E-state index is 12.4. The molecule has 3 rings (SSSR count). The van der Waals surface area contributed by atoms with Crippen LogP contribution in [0.1, 0.15) is 27.2 Å². The van der Waals surface area contributed by atoms with E-state index in [-0.39, 0.29) is 5.78 Å². The molecule has 0 saturated heterocycles. The number of carbonyl (C=O) groups excluding carboxylic acids is 1. The molecular formula is C22H22N2O3. The van der Waals surface area contributed by atoms with Gasteiger partial charge in [-0.25, -0.2) is 0 Å². The zero-order valence-corrected chi connectivity index (χ0v) is 15.9. The molecule has 0 aliphatic carbocycles. The monoisotopic (exact) mass is 362 g/mol. The number of H-pyrrole nitrogens is 1. The number of aromatic amines is 1. The Balaban J connectivity index is 1.80. The van der Waals surface area contributed by atoms with Crippen LogP contribution in [-0.4, -0.2) is 30.2 Å². The molecule has 0 saturated carbocycles. The van der Waals surface area contributed by atoms with E-state index in [1.807, 2.05) is 50.2 Å². The normalized spacial score (nSPS) is 11.0. The number of carbonyl (C=O) groups is 1. The van der Waals surface area contributed by atoms with Gasteiger partial charge in [0.15, 0.2) is 5.78 Å². The fourth-order valence-corrected chi connectivity index (χ4v) is 2.68. The Morgan fingerprint density at radius 1 is 0.963 bits per heavy atom. The number of allylic oxidation sites excluding steroid dienone is 1. The minimum Gasteiger partial charge on any atom is -0.497 e. The van der Waals surface area contributed by atoms with Crippen molar-refractivity contribution in [2.45, 2.75) is 13.8 Å². The fraction of sp³-hybridized carbons (Fsp3) is 0.182. The van der Waals surface area contributed by atoms with E-state index >= 15 is 0 Å². The molecule has 1 N–H and O–H groups in total. The Labute approximate surface area is 158 Å². The minimum atomic E-state index is -0.0442. The number of rotatable bonds is 6. The van der Waals surface area contributed by atoms with Crippen LogP contribution in [0, 0.1) is 13.8 Å². The first-order valence-corrected chi connectivity index (χ1v) is 8.58. The second-order valence-corrected chi connectivity index (χ2v) is 6.31. The quantitative estimate of drug-likeness (QED) is 0.514. The van der Waals surface area contributed by atoms with Crippen molar-refractivity contribution in [3.63, 3.8) is 0 Å². The molecule has 0 amide bonds. The van der Waals surface area contributed by atoms with Gasteiger partial charge in [0.1, 0.15) is 11.5 Å². The third-order valence-corrected chi connectivity index (χ3v) is 4.45. The highest BCUT2D eigenvalue weighted by Crippen LogP contribution is 2.29. The maximum atomic E-state index is 12.4. The number of ether oxygens (including phenoxy) is 2. The van der Waals surface area contributed by atoms with Crippen LogP contribution in [0.3, 0.4) is 0 Å². The highest BCUT2D eigenvalue weighted by Gasteiger charge is 2.08. The molecule has 0 atom stereocenters. The number of methoxy groups -OCH3 is 2. The number of nitrogens with zero attached hydrogens (tertiary/aromatic N) is 1. The molecule has 5 nitrogen and oxygen atoms in total. The predicted octanol–water partition coefficient (Wildman–Crippen LogP) is 4.61. The first-order valence-electron chi connectivity index (χ1n) is 8.58. The number of ketones is 1. The van der Waals surface area contributed by atoms with Crippen molar-refractivity contribution in [3.05, 3.63) is 70.9 Å². The standard InChI is InChI=1S/C22H22N2O3/c1-14-5-6-16(9-15(14)2)22(25)8-7-18-12-21(24-23-18)17-10-19(26-3)13-20(11-17)27-4/h5-13H,1-4H3,(H,23,24). The van der Waals surface area contributed by atoms with E-state index in [1.54, 1.807) is 32.4 Å². The van der Waals surface area contributed by atoms with E-state index in [0.717, 1.165) is 22.5 Å². The van der Waals surface area contributed by atoms with Crippen molar-refractivity contribution in [3.8, 4) is 22.8 Å². The summed E-state index contributed by atoms with van der Waals surface area (Å²) in [4.78, 5) is 12.4. The van der Waals surface area contributed by atoms with Crippen molar-refractivity contribution in [1.29, 1.82) is 0 Å². The van der Waals surface area contributed by atoms with Gasteiger partial charge < -0.3 is 9.47 Å². The van der Waals surface area contributed by atoms with Crippen LogP contribution in [0.2, 0.25) is 0 Å². The van der Waals surface area contributed by atoms with Gasteiger partial charge in [0, 0.05) is 17.2 Å². The molecule has 1 heterocycles. The molecule has 27 heavy (non-hydrogen) atoms. The molecule has 0 bridgehead atoms. The number of nitrogens with one attached hydrogen (secondary N) is 1. The van der Waals surface area contributed by atoms with Crippen LogP contribution in [0.25, 0.3) is 17.3 Å². The van der Waals surface area contributed by atoms with Crippen molar-refractivity contribution >= 4 is 11.9 Å². The second-order valence-electron chi connectivity index (χ2n) is 6.31. The van der Waals surface area contributed by atoms with Gasteiger partial charge in [-0.1, -0.05) is 12.1 Å². The average molecular weight is 362 g/mol. The molecule has 0 unspecified atom stereocenters. The Bertz CT molecular complexity index is 980. The van der Waals surface area contributed by atoms with Gasteiger partial charge in [-0.05, 0) is 61.4 Å². The van der Waals surface area contributed by atoms with Crippen molar-refractivity contribution in [2.75, 3.05) is 14.2 Å². The fourth-order valence-electron chi connectivity index (χ4n) is 2.68. The largest absolute Gasteiger partial charge is 0.497 e. The van der Waals surface area contributed by atoms with Crippen molar-refractivity contribution in [2.24, 2.45) is 0 Å². The third-order valence-electron chi connectivity index (χ3n) is 4.45. The van der Waals surface area contributed by atoms with Crippen LogP contribution in [-0.2, 0) is 0 Å². The summed E-state index contributed by atoms with van der Waals surface area (Å²) in [5, 5.41) is 7.25. The SMILES string of the molecule is COc1cc(OC)cc(-c2cc(C=CC(=O)c3ccc(C)c(C)c3)[nH]n2)c1. The highest BCUT2D eigenvalue weighted by atomic mass is 16.5. The zero-order valence-electron chi connectivity index (χ0n) is 15.9. The molecular weight excluding hydrogens is 340 g/mol. The maximum Gasteiger partial charge on any atom is 0.185 e. The topological polar surface area (TPSA) is 64.2 Å². The van der Waals surface area contributed by atoms with Crippen LogP contribution in [0.4, 0.5) is 0 Å². The molecule has 138 valence electrons. The molecule has 2 aromatic carbocycles. The van der Waals surface area contributed by atoms with Gasteiger partial charge in [-0.15, -0.1) is 0 Å². The number of aryl methyl sites for hydroxylation is 2. The van der Waals surface area contributed by atoms with E-state index in [1.165, 1.54) is 5.56 Å². The van der Waals surface area contributed by atoms with Gasteiger partial charge in [0.25, 0.3) is 0 Å². The lowest BCUT2D eigenvalue weighted by atomic mass is 10.0. The molecule has 3 aromatic rings. The van der Waals surface area contributed by atoms with E-state index in [9.17, 15) is 4.79 Å². The molecule has 0 fully saturated rings. The number of hydrogen-bond donors (Lipinski definition) is 1. The van der Waals surface area contributed by atoms with Crippen molar-refractivity contribution < 1.29 is 14.3 Å². The zero-order chi connectivity index (χ0) is 19.4. The molecule has 5 heteroatoms. The van der Waals surface area contributed by atoms with Crippen LogP contribution in [0.15, 0.2) is 48.5 Å². The second kappa shape index (κ2) is 7.91. The van der Waals surface area contributed by atoms with E-state index < -0.39 is 0 Å². The number of benzene rings is 2. The van der Waals surface area contributed by atoms with E-state index in [4.69, 9.17) is 9.47 Å². The molecule has 0 spiro atoms. The lowest BCUT2D eigenvalue weighted by Gasteiger charge is -2.06. The Morgan fingerprint density at radius 2 is 1.67 bits per heavy atom. The molecule has 1 aromatic heterocycles. The Morgan fingerprint density at radius 3 is 2.30 bits per heavy atom. The Hall–Kier alpha value is -3.34. The predicted molar refractivity (Wildman–Crippen MR) is 106 cm³/mol. The van der Waals surface area contributed by atoms with Crippen LogP contribution in [0.5, 0.6) is 11.5 Å². The summed E-state index contributed by atoms with van der Waals surface area (Å²) < 4.78 is 10.6. The third kappa shape index (κ3) is 4.26. The van der Waals surface area contributed by atoms with Gasteiger partial charge in [-0.2, -0.15) is 5.10 Å². The average Bonchev–Trinajstić information content (AvgIpc) is 3.16. The summed E-state index contributed by atoms with van der Waals surface area (Å²) in [6.07, 6.45) is 3.28.